The number of carbonyl (C=O) groups excluding carboxylic acids is 1. The predicted molar refractivity (Wildman–Crippen MR) is 94.9 cm³/mol. The molecule has 3 rings (SSSR count). The molecule has 1 fully saturated rings. The molecule has 0 atom stereocenters. The SMILES string of the molecule is CCn1c(SCC(=O)Nc2c(C)cccc2[N+](=O)[O-])nnc1C1CC1. The highest BCUT2D eigenvalue weighted by atomic mass is 32.2. The van der Waals surface area contributed by atoms with Crippen molar-refractivity contribution in [1.29, 1.82) is 0 Å². The topological polar surface area (TPSA) is 103 Å². The number of nitro benzene ring substituents is 1. The van der Waals surface area contributed by atoms with E-state index in [1.165, 1.54) is 17.8 Å². The lowest BCUT2D eigenvalue weighted by Gasteiger charge is -2.09. The first-order valence-corrected chi connectivity index (χ1v) is 9.09. The average Bonchev–Trinajstić information content (AvgIpc) is 3.34. The number of hydrogen-bond acceptors (Lipinski definition) is 6. The van der Waals surface area contributed by atoms with Gasteiger partial charge in [-0.15, -0.1) is 10.2 Å². The summed E-state index contributed by atoms with van der Waals surface area (Å²) in [5, 5.41) is 22.9. The number of carbonyl (C=O) groups is 1. The number of aromatic nitrogens is 3. The molecule has 1 aliphatic carbocycles. The zero-order valence-electron chi connectivity index (χ0n) is 14.1. The van der Waals surface area contributed by atoms with Crippen LogP contribution in [0.2, 0.25) is 0 Å². The molecule has 0 saturated heterocycles. The highest BCUT2D eigenvalue weighted by Crippen LogP contribution is 2.40. The molecule has 0 unspecified atom stereocenters. The third kappa shape index (κ3) is 3.81. The lowest BCUT2D eigenvalue weighted by atomic mass is 10.1. The van der Waals surface area contributed by atoms with Gasteiger partial charge in [-0.2, -0.15) is 0 Å². The van der Waals surface area contributed by atoms with Crippen LogP contribution in [0, 0.1) is 17.0 Å². The van der Waals surface area contributed by atoms with Crippen molar-refractivity contribution in [2.24, 2.45) is 0 Å². The molecule has 1 N–H and O–H groups in total. The van der Waals surface area contributed by atoms with Crippen LogP contribution in [0.4, 0.5) is 11.4 Å². The maximum atomic E-state index is 12.3. The fourth-order valence-electron chi connectivity index (χ4n) is 2.62. The Labute approximate surface area is 149 Å². The zero-order valence-corrected chi connectivity index (χ0v) is 14.9. The van der Waals surface area contributed by atoms with E-state index in [9.17, 15) is 14.9 Å². The molecule has 132 valence electrons. The quantitative estimate of drug-likeness (QED) is 0.462. The zero-order chi connectivity index (χ0) is 18.0. The molecule has 1 amide bonds. The minimum atomic E-state index is -0.495. The number of nitro groups is 1. The van der Waals surface area contributed by atoms with Crippen LogP contribution in [0.25, 0.3) is 0 Å². The second-order valence-corrected chi connectivity index (χ2v) is 6.86. The number of anilines is 1. The molecular formula is C16H19N5O3S. The maximum Gasteiger partial charge on any atom is 0.293 e. The van der Waals surface area contributed by atoms with Crippen LogP contribution in [0.5, 0.6) is 0 Å². The van der Waals surface area contributed by atoms with E-state index in [2.05, 4.69) is 15.5 Å². The number of rotatable bonds is 7. The number of hydrogen-bond donors (Lipinski definition) is 1. The fourth-order valence-corrected chi connectivity index (χ4v) is 3.43. The van der Waals surface area contributed by atoms with Crippen LogP contribution in [-0.4, -0.2) is 31.3 Å². The second kappa shape index (κ2) is 7.22. The van der Waals surface area contributed by atoms with Crippen molar-refractivity contribution in [2.45, 2.75) is 44.3 Å². The minimum absolute atomic E-state index is 0.105. The van der Waals surface area contributed by atoms with Gasteiger partial charge in [-0.1, -0.05) is 23.9 Å². The van der Waals surface area contributed by atoms with Gasteiger partial charge in [0.1, 0.15) is 11.5 Å². The van der Waals surface area contributed by atoms with Crippen LogP contribution in [0.3, 0.4) is 0 Å². The van der Waals surface area contributed by atoms with Crippen molar-refractivity contribution in [3.8, 4) is 0 Å². The monoisotopic (exact) mass is 361 g/mol. The van der Waals surface area contributed by atoms with Crippen molar-refractivity contribution in [3.05, 3.63) is 39.7 Å². The normalized spacial score (nSPS) is 13.7. The Bertz CT molecular complexity index is 816. The Kier molecular flexibility index (Phi) is 5.03. The molecule has 1 saturated carbocycles. The molecular weight excluding hydrogens is 342 g/mol. The van der Waals surface area contributed by atoms with E-state index in [-0.39, 0.29) is 23.0 Å². The van der Waals surface area contributed by atoms with Gasteiger partial charge in [0.2, 0.25) is 5.91 Å². The third-order valence-electron chi connectivity index (χ3n) is 4.05. The molecule has 1 aliphatic rings. The van der Waals surface area contributed by atoms with Crippen LogP contribution in [0.1, 0.15) is 37.1 Å². The number of amides is 1. The summed E-state index contributed by atoms with van der Waals surface area (Å²) in [6, 6.07) is 4.71. The van der Waals surface area contributed by atoms with E-state index in [0.29, 0.717) is 16.6 Å². The Morgan fingerprint density at radius 1 is 1.44 bits per heavy atom. The highest BCUT2D eigenvalue weighted by molar-refractivity contribution is 7.99. The standard InChI is InChI=1S/C16H19N5O3S/c1-3-20-15(11-7-8-11)18-19-16(20)25-9-13(22)17-14-10(2)5-4-6-12(14)21(23)24/h4-6,11H,3,7-9H2,1-2H3,(H,17,22). The van der Waals surface area contributed by atoms with Crippen molar-refractivity contribution in [2.75, 3.05) is 11.1 Å². The van der Waals surface area contributed by atoms with Crippen molar-refractivity contribution in [1.82, 2.24) is 14.8 Å². The van der Waals surface area contributed by atoms with Crippen LogP contribution < -0.4 is 5.32 Å². The lowest BCUT2D eigenvalue weighted by Crippen LogP contribution is -2.16. The van der Waals surface area contributed by atoms with Gasteiger partial charge in [-0.3, -0.25) is 14.9 Å². The van der Waals surface area contributed by atoms with Gasteiger partial charge in [0.25, 0.3) is 5.69 Å². The summed E-state index contributed by atoms with van der Waals surface area (Å²) in [7, 11) is 0. The molecule has 25 heavy (non-hydrogen) atoms. The maximum absolute atomic E-state index is 12.3. The van der Waals surface area contributed by atoms with Gasteiger partial charge in [-0.05, 0) is 32.3 Å². The van der Waals surface area contributed by atoms with E-state index in [0.717, 1.165) is 25.2 Å². The lowest BCUT2D eigenvalue weighted by molar-refractivity contribution is -0.384. The molecule has 0 bridgehead atoms. The van der Waals surface area contributed by atoms with E-state index < -0.39 is 4.92 Å². The number of benzene rings is 1. The summed E-state index contributed by atoms with van der Waals surface area (Å²) < 4.78 is 2.03. The summed E-state index contributed by atoms with van der Waals surface area (Å²) >= 11 is 1.29. The van der Waals surface area contributed by atoms with E-state index in [1.807, 2.05) is 11.5 Å². The third-order valence-corrected chi connectivity index (χ3v) is 5.02. The van der Waals surface area contributed by atoms with Gasteiger partial charge < -0.3 is 9.88 Å². The summed E-state index contributed by atoms with van der Waals surface area (Å²) in [6.07, 6.45) is 2.28. The summed E-state index contributed by atoms with van der Waals surface area (Å²) in [4.78, 5) is 22.9. The molecule has 1 aromatic heterocycles. The number of para-hydroxylation sites is 1. The number of thioether (sulfide) groups is 1. The molecule has 1 heterocycles. The van der Waals surface area contributed by atoms with Gasteiger partial charge >= 0.3 is 0 Å². The first-order valence-electron chi connectivity index (χ1n) is 8.11. The first kappa shape index (κ1) is 17.4. The van der Waals surface area contributed by atoms with Crippen LogP contribution >= 0.6 is 11.8 Å². The van der Waals surface area contributed by atoms with E-state index in [4.69, 9.17) is 0 Å². The molecule has 9 heteroatoms. The molecule has 0 radical (unpaired) electrons. The van der Waals surface area contributed by atoms with Crippen molar-refractivity contribution in [3.63, 3.8) is 0 Å². The molecule has 1 aromatic carbocycles. The number of aryl methyl sites for hydroxylation is 1. The molecule has 8 nitrogen and oxygen atoms in total. The van der Waals surface area contributed by atoms with E-state index in [1.54, 1.807) is 19.1 Å². The number of nitrogens with one attached hydrogen (secondary N) is 1. The average molecular weight is 361 g/mol. The van der Waals surface area contributed by atoms with Gasteiger partial charge in [0.15, 0.2) is 5.16 Å². The molecule has 0 aliphatic heterocycles. The van der Waals surface area contributed by atoms with Gasteiger partial charge in [0.05, 0.1) is 10.7 Å². The van der Waals surface area contributed by atoms with Crippen LogP contribution in [0.15, 0.2) is 23.4 Å². The van der Waals surface area contributed by atoms with Crippen molar-refractivity contribution >= 4 is 29.0 Å². The largest absolute Gasteiger partial charge is 0.319 e. The Hall–Kier alpha value is -2.42. The Balaban J connectivity index is 1.67. The summed E-state index contributed by atoms with van der Waals surface area (Å²) in [6.45, 7) is 4.51. The number of nitrogens with zero attached hydrogens (tertiary/aromatic N) is 4. The van der Waals surface area contributed by atoms with Crippen molar-refractivity contribution < 1.29 is 9.72 Å². The Morgan fingerprint density at radius 3 is 2.84 bits per heavy atom. The van der Waals surface area contributed by atoms with Crippen LogP contribution in [-0.2, 0) is 11.3 Å². The Morgan fingerprint density at radius 2 is 2.20 bits per heavy atom. The first-order chi connectivity index (χ1) is 12.0. The predicted octanol–water partition coefficient (Wildman–Crippen LogP) is 3.12. The second-order valence-electron chi connectivity index (χ2n) is 5.92. The molecule has 2 aromatic rings. The summed E-state index contributed by atoms with van der Waals surface area (Å²) in [5.41, 5.74) is 0.792. The molecule has 0 spiro atoms. The van der Waals surface area contributed by atoms with E-state index >= 15 is 0 Å². The van der Waals surface area contributed by atoms with Gasteiger partial charge in [-0.25, -0.2) is 0 Å². The minimum Gasteiger partial charge on any atom is -0.319 e. The van der Waals surface area contributed by atoms with Gasteiger partial charge in [0, 0.05) is 18.5 Å². The summed E-state index contributed by atoms with van der Waals surface area (Å²) in [5.74, 6) is 1.29. The smallest absolute Gasteiger partial charge is 0.293 e. The highest BCUT2D eigenvalue weighted by Gasteiger charge is 2.30. The fraction of sp³-hybridized carbons (Fsp3) is 0.438.